The van der Waals surface area contributed by atoms with Crippen molar-refractivity contribution in [2.24, 2.45) is 11.3 Å². The fourth-order valence-corrected chi connectivity index (χ4v) is 5.43. The molecule has 5 atom stereocenters. The quantitative estimate of drug-likeness (QED) is 0.750. The highest BCUT2D eigenvalue weighted by molar-refractivity contribution is 6.25. The zero-order valence-electron chi connectivity index (χ0n) is 15.6. The highest BCUT2D eigenvalue weighted by Gasteiger charge is 2.82. The average molecular weight is 388 g/mol. The van der Waals surface area contributed by atoms with E-state index in [0.717, 1.165) is 4.90 Å². The minimum atomic E-state index is -1.32. The first-order valence-electron chi connectivity index (χ1n) is 9.16. The summed E-state index contributed by atoms with van der Waals surface area (Å²) in [6.07, 6.45) is -0.685. The lowest BCUT2D eigenvalue weighted by Gasteiger charge is -2.41. The number of hydrogen-bond acceptors (Lipinski definition) is 6. The second-order valence-corrected chi connectivity index (χ2v) is 8.17. The van der Waals surface area contributed by atoms with Crippen LogP contribution in [0, 0.1) is 22.7 Å². The van der Waals surface area contributed by atoms with Crippen molar-refractivity contribution in [1.29, 1.82) is 5.26 Å². The molecule has 28 heavy (non-hydrogen) atoms. The van der Waals surface area contributed by atoms with E-state index in [0.29, 0.717) is 0 Å². The van der Waals surface area contributed by atoms with Crippen molar-refractivity contribution in [3.05, 3.63) is 29.3 Å². The number of benzene rings is 1. The number of carbonyl (C=O) groups excluding carboxylic acids is 2. The molecular weight excluding hydrogens is 367 g/mol. The molecule has 8 heteroatoms. The SMILES string of the molecule is C[C@]12C(=O)N(c3ccc(C#N)c(CF)c3)C(=O)[C@H]1[C@]1(CCO)C[C@@H](O)[C@@]2(C)O1. The highest BCUT2D eigenvalue weighted by atomic mass is 19.1. The fraction of sp³-hybridized carbons (Fsp3) is 0.550. The zero-order valence-corrected chi connectivity index (χ0v) is 15.6. The summed E-state index contributed by atoms with van der Waals surface area (Å²) >= 11 is 0. The van der Waals surface area contributed by atoms with Crippen LogP contribution in [0.5, 0.6) is 0 Å². The van der Waals surface area contributed by atoms with Gasteiger partial charge in [-0.05, 0) is 32.0 Å². The van der Waals surface area contributed by atoms with Crippen LogP contribution >= 0.6 is 0 Å². The van der Waals surface area contributed by atoms with Crippen molar-refractivity contribution < 1.29 is 28.9 Å². The number of halogens is 1. The number of imide groups is 1. The number of aliphatic hydroxyl groups is 2. The van der Waals surface area contributed by atoms with Gasteiger partial charge in [-0.15, -0.1) is 0 Å². The van der Waals surface area contributed by atoms with Gasteiger partial charge in [-0.25, -0.2) is 9.29 Å². The van der Waals surface area contributed by atoms with Crippen LogP contribution < -0.4 is 4.90 Å². The number of nitriles is 1. The van der Waals surface area contributed by atoms with Gasteiger partial charge in [0.05, 0.1) is 40.4 Å². The Hall–Kier alpha value is -2.34. The summed E-state index contributed by atoms with van der Waals surface area (Å²) < 4.78 is 19.4. The van der Waals surface area contributed by atoms with Gasteiger partial charge in [0, 0.05) is 25.0 Å². The Kier molecular flexibility index (Phi) is 3.96. The molecule has 2 amide bonds. The average Bonchev–Trinajstić information content (AvgIpc) is 3.13. The topological polar surface area (TPSA) is 111 Å². The first-order valence-corrected chi connectivity index (χ1v) is 9.16. The molecule has 3 saturated heterocycles. The standard InChI is InChI=1S/C20H21FN2O5/c1-18-15(20(5-6-24)8-14(25)19(18,2)28-20)16(26)23(17(18)27)13-4-3-11(10-22)12(7-13)9-21/h3-4,7,14-15,24-25H,5-6,8-9H2,1-2H3/t14-,15-,18-,19-,20+/m1/s1. The number of fused-ring (bicyclic) bond motifs is 5. The van der Waals surface area contributed by atoms with Gasteiger partial charge in [0.25, 0.3) is 0 Å². The van der Waals surface area contributed by atoms with Crippen molar-refractivity contribution in [3.63, 3.8) is 0 Å². The maximum absolute atomic E-state index is 13.5. The van der Waals surface area contributed by atoms with E-state index in [2.05, 4.69) is 0 Å². The number of hydrogen-bond donors (Lipinski definition) is 2. The van der Waals surface area contributed by atoms with Crippen molar-refractivity contribution >= 4 is 17.5 Å². The molecule has 0 spiro atoms. The summed E-state index contributed by atoms with van der Waals surface area (Å²) in [4.78, 5) is 27.8. The maximum atomic E-state index is 13.5. The van der Waals surface area contributed by atoms with Gasteiger partial charge in [0.15, 0.2) is 0 Å². The third-order valence-corrected chi connectivity index (χ3v) is 6.99. The molecule has 0 aromatic heterocycles. The van der Waals surface area contributed by atoms with Crippen molar-refractivity contribution in [2.75, 3.05) is 11.5 Å². The molecule has 0 radical (unpaired) electrons. The van der Waals surface area contributed by atoms with Crippen LogP contribution in [0.3, 0.4) is 0 Å². The van der Waals surface area contributed by atoms with Crippen molar-refractivity contribution in [3.8, 4) is 6.07 Å². The van der Waals surface area contributed by atoms with E-state index in [1.165, 1.54) is 18.2 Å². The number of rotatable bonds is 4. The van der Waals surface area contributed by atoms with E-state index < -0.39 is 47.1 Å². The Morgan fingerprint density at radius 1 is 1.39 bits per heavy atom. The lowest BCUT2D eigenvalue weighted by molar-refractivity contribution is -0.144. The molecule has 3 fully saturated rings. The van der Waals surface area contributed by atoms with Gasteiger partial charge in [-0.1, -0.05) is 0 Å². The first kappa shape index (κ1) is 19.0. The van der Waals surface area contributed by atoms with Crippen LogP contribution in [-0.2, 0) is 21.0 Å². The summed E-state index contributed by atoms with van der Waals surface area (Å²) in [5, 5.41) is 29.2. The normalized spacial score (nSPS) is 38.8. The van der Waals surface area contributed by atoms with E-state index in [9.17, 15) is 24.2 Å². The number of amides is 2. The monoisotopic (exact) mass is 388 g/mol. The Balaban J connectivity index is 1.85. The molecule has 3 aliphatic heterocycles. The molecule has 0 saturated carbocycles. The molecule has 3 heterocycles. The van der Waals surface area contributed by atoms with Crippen LogP contribution in [-0.4, -0.2) is 45.9 Å². The smallest absolute Gasteiger partial charge is 0.243 e. The molecule has 3 aliphatic rings. The summed E-state index contributed by atoms with van der Waals surface area (Å²) in [5.74, 6) is -1.89. The van der Waals surface area contributed by atoms with Crippen LogP contribution in [0.15, 0.2) is 18.2 Å². The molecular formula is C20H21FN2O5. The molecule has 0 unspecified atom stereocenters. The van der Waals surface area contributed by atoms with Crippen LogP contribution in [0.1, 0.15) is 37.8 Å². The Labute approximate surface area is 161 Å². The minimum absolute atomic E-state index is 0.0957. The maximum Gasteiger partial charge on any atom is 0.243 e. The molecule has 148 valence electrons. The van der Waals surface area contributed by atoms with Gasteiger partial charge >= 0.3 is 0 Å². The van der Waals surface area contributed by atoms with E-state index in [4.69, 9.17) is 10.00 Å². The molecule has 0 aliphatic carbocycles. The Morgan fingerprint density at radius 3 is 2.71 bits per heavy atom. The number of alkyl halides is 1. The molecule has 1 aromatic carbocycles. The zero-order chi connectivity index (χ0) is 20.5. The lowest BCUT2D eigenvalue weighted by atomic mass is 9.57. The highest BCUT2D eigenvalue weighted by Crippen LogP contribution is 2.68. The van der Waals surface area contributed by atoms with E-state index in [1.54, 1.807) is 13.8 Å². The second-order valence-electron chi connectivity index (χ2n) is 8.17. The van der Waals surface area contributed by atoms with Gasteiger partial charge in [-0.2, -0.15) is 5.26 Å². The summed E-state index contributed by atoms with van der Waals surface area (Å²) in [5.41, 5.74) is -3.30. The van der Waals surface area contributed by atoms with E-state index in [-0.39, 0.29) is 36.3 Å². The second kappa shape index (κ2) is 5.83. The van der Waals surface area contributed by atoms with Gasteiger partial charge in [0.2, 0.25) is 11.8 Å². The number of carbonyl (C=O) groups is 2. The van der Waals surface area contributed by atoms with Gasteiger partial charge in [0.1, 0.15) is 12.3 Å². The number of anilines is 1. The Morgan fingerprint density at radius 2 is 2.11 bits per heavy atom. The minimum Gasteiger partial charge on any atom is -0.396 e. The van der Waals surface area contributed by atoms with Gasteiger partial charge < -0.3 is 14.9 Å². The first-order chi connectivity index (χ1) is 13.2. The summed E-state index contributed by atoms with van der Waals surface area (Å²) in [6, 6.07) is 6.04. The molecule has 4 rings (SSSR count). The van der Waals surface area contributed by atoms with Crippen molar-refractivity contribution in [1.82, 2.24) is 0 Å². The Bertz CT molecular complexity index is 930. The number of aliphatic hydroxyl groups excluding tert-OH is 2. The molecule has 2 bridgehead atoms. The van der Waals surface area contributed by atoms with Crippen molar-refractivity contribution in [2.45, 2.75) is 50.7 Å². The molecule has 1 aromatic rings. The fourth-order valence-electron chi connectivity index (χ4n) is 5.43. The predicted octanol–water partition coefficient (Wildman–Crippen LogP) is 1.20. The van der Waals surface area contributed by atoms with Gasteiger partial charge in [-0.3, -0.25) is 9.59 Å². The molecule has 2 N–H and O–H groups in total. The number of nitrogens with zero attached hydrogens (tertiary/aromatic N) is 2. The predicted molar refractivity (Wildman–Crippen MR) is 94.6 cm³/mol. The molecule has 7 nitrogen and oxygen atoms in total. The summed E-state index contributed by atoms with van der Waals surface area (Å²) in [7, 11) is 0. The third kappa shape index (κ3) is 1.96. The summed E-state index contributed by atoms with van der Waals surface area (Å²) in [6.45, 7) is 2.08. The third-order valence-electron chi connectivity index (χ3n) is 6.99. The largest absolute Gasteiger partial charge is 0.396 e. The number of ether oxygens (including phenoxy) is 1. The van der Waals surface area contributed by atoms with Crippen LogP contribution in [0.2, 0.25) is 0 Å². The van der Waals surface area contributed by atoms with E-state index in [1.807, 2.05) is 6.07 Å². The van der Waals surface area contributed by atoms with Crippen LogP contribution in [0.25, 0.3) is 0 Å². The van der Waals surface area contributed by atoms with E-state index >= 15 is 0 Å². The van der Waals surface area contributed by atoms with Crippen LogP contribution in [0.4, 0.5) is 10.1 Å². The lowest BCUT2D eigenvalue weighted by Crippen LogP contribution is -2.57.